The molecule has 0 aliphatic rings. The summed E-state index contributed by atoms with van der Waals surface area (Å²) in [6.45, 7) is 1.64. The second-order valence-corrected chi connectivity index (χ2v) is 7.05. The number of hydrogen-bond donors (Lipinski definition) is 2. The van der Waals surface area contributed by atoms with E-state index >= 15 is 0 Å². The van der Waals surface area contributed by atoms with Crippen LogP contribution in [0.3, 0.4) is 0 Å². The van der Waals surface area contributed by atoms with Crippen molar-refractivity contribution in [3.05, 3.63) is 46.7 Å². The van der Waals surface area contributed by atoms with Gasteiger partial charge in [0.15, 0.2) is 5.75 Å². The summed E-state index contributed by atoms with van der Waals surface area (Å²) in [4.78, 5) is 27.4. The van der Waals surface area contributed by atoms with Crippen LogP contribution in [0.15, 0.2) is 41.8 Å². The number of nitrogens with one attached hydrogen (secondary N) is 2. The first-order valence-corrected chi connectivity index (χ1v) is 9.87. The fraction of sp³-hybridized carbons (Fsp3) is 0.150. The first-order chi connectivity index (χ1) is 15.3. The van der Waals surface area contributed by atoms with Crippen LogP contribution in [0.25, 0.3) is 11.0 Å². The summed E-state index contributed by atoms with van der Waals surface area (Å²) in [5, 5.41) is 15.0. The van der Waals surface area contributed by atoms with Crippen molar-refractivity contribution in [1.29, 1.82) is 5.26 Å². The van der Waals surface area contributed by atoms with Crippen molar-refractivity contribution >= 4 is 57.6 Å². The van der Waals surface area contributed by atoms with E-state index in [1.54, 1.807) is 31.5 Å². The van der Waals surface area contributed by atoms with E-state index in [1.807, 2.05) is 23.0 Å². The Hall–Kier alpha value is -3.81. The van der Waals surface area contributed by atoms with Gasteiger partial charge in [-0.2, -0.15) is 10.4 Å². The highest BCUT2D eigenvalue weighted by molar-refractivity contribution is 6.47. The number of anilines is 1. The van der Waals surface area contributed by atoms with Crippen LogP contribution in [0, 0.1) is 11.3 Å². The number of ether oxygens (including phenoxy) is 2. The summed E-state index contributed by atoms with van der Waals surface area (Å²) in [6, 6.07) is 9.82. The van der Waals surface area contributed by atoms with Crippen molar-refractivity contribution in [2.24, 2.45) is 12.1 Å². The molecule has 1 aromatic heterocycles. The Kier molecular flexibility index (Phi) is 7.14. The third-order valence-corrected chi connectivity index (χ3v) is 4.59. The molecule has 0 radical (unpaired) electrons. The smallest absolute Gasteiger partial charge is 0.414 e. The van der Waals surface area contributed by atoms with E-state index in [0.717, 1.165) is 11.0 Å². The molecule has 0 unspecified atom stereocenters. The number of nitrogens with zero attached hydrogens (tertiary/aromatic N) is 4. The summed E-state index contributed by atoms with van der Waals surface area (Å²) in [5.74, 6) is -0.308. The summed E-state index contributed by atoms with van der Waals surface area (Å²) in [5.41, 5.74) is 3.86. The molecule has 164 valence electrons. The molecule has 0 saturated heterocycles. The lowest BCUT2D eigenvalue weighted by atomic mass is 10.2. The zero-order valence-electron chi connectivity index (χ0n) is 16.8. The summed E-state index contributed by atoms with van der Waals surface area (Å²) in [7, 11) is 1.86. The Balaban J connectivity index is 1.76. The molecule has 12 heteroatoms. The van der Waals surface area contributed by atoms with Crippen LogP contribution >= 0.6 is 23.2 Å². The average molecular weight is 475 g/mol. The Morgan fingerprint density at radius 2 is 1.97 bits per heavy atom. The lowest BCUT2D eigenvalue weighted by Crippen LogP contribution is -2.36. The van der Waals surface area contributed by atoms with Gasteiger partial charge in [-0.1, -0.05) is 23.2 Å². The van der Waals surface area contributed by atoms with Gasteiger partial charge in [0.2, 0.25) is 5.71 Å². The van der Waals surface area contributed by atoms with Crippen LogP contribution in [0.2, 0.25) is 10.0 Å². The van der Waals surface area contributed by atoms with Gasteiger partial charge in [-0.15, -0.1) is 0 Å². The molecule has 3 rings (SSSR count). The first kappa shape index (κ1) is 22.9. The average Bonchev–Trinajstić information content (AvgIpc) is 3.11. The molecule has 1 heterocycles. The predicted octanol–water partition coefficient (Wildman–Crippen LogP) is 4.24. The quantitative estimate of drug-likeness (QED) is 0.403. The van der Waals surface area contributed by atoms with Crippen molar-refractivity contribution in [1.82, 2.24) is 14.9 Å². The number of nitriles is 1. The van der Waals surface area contributed by atoms with Gasteiger partial charge < -0.3 is 14.0 Å². The van der Waals surface area contributed by atoms with E-state index in [0.29, 0.717) is 5.75 Å². The van der Waals surface area contributed by atoms with Crippen molar-refractivity contribution in [3.63, 3.8) is 0 Å². The molecule has 2 aromatic carbocycles. The SMILES string of the molecule is CCOC(=O)NC(=O)/C(C#N)=N/Nc1cc(Cl)c(Oc2ccc3ncn(C)c3c2)c(Cl)c1. The van der Waals surface area contributed by atoms with Crippen molar-refractivity contribution in [2.45, 2.75) is 6.92 Å². The van der Waals surface area contributed by atoms with Crippen LogP contribution in [-0.2, 0) is 16.6 Å². The molecule has 0 aliphatic heterocycles. The fourth-order valence-electron chi connectivity index (χ4n) is 2.58. The number of alkyl carbamates (subject to hydrolysis) is 1. The van der Waals surface area contributed by atoms with Gasteiger partial charge in [0, 0.05) is 13.1 Å². The largest absolute Gasteiger partial charge is 0.454 e. The molecular formula is C20H16Cl2N6O4. The molecule has 10 nitrogen and oxygen atoms in total. The number of imidazole rings is 1. The Morgan fingerprint density at radius 3 is 2.62 bits per heavy atom. The number of aromatic nitrogens is 2. The molecule has 0 aliphatic carbocycles. The van der Waals surface area contributed by atoms with Gasteiger partial charge in [-0.3, -0.25) is 15.5 Å². The monoisotopic (exact) mass is 474 g/mol. The predicted molar refractivity (Wildman–Crippen MR) is 119 cm³/mol. The molecule has 0 spiro atoms. The van der Waals surface area contributed by atoms with Crippen molar-refractivity contribution in [2.75, 3.05) is 12.0 Å². The second kappa shape index (κ2) is 10.00. The standard InChI is InChI=1S/C20H16Cl2N6O4/c1-3-31-20(30)25-19(29)16(9-23)27-26-11-6-13(21)18(14(22)7-11)32-12-4-5-15-17(8-12)28(2)10-24-15/h4-8,10,26H,3H2,1-2H3,(H,25,29,30)/b27-16+. The van der Waals surface area contributed by atoms with E-state index in [2.05, 4.69) is 20.2 Å². The number of fused-ring (bicyclic) bond motifs is 1. The van der Waals surface area contributed by atoms with Gasteiger partial charge in [0.05, 0.1) is 39.7 Å². The number of hydrogen-bond acceptors (Lipinski definition) is 8. The molecule has 0 bridgehead atoms. The number of carbonyl (C=O) groups is 2. The molecule has 0 atom stereocenters. The van der Waals surface area contributed by atoms with E-state index in [1.165, 1.54) is 12.1 Å². The Labute approximate surface area is 192 Å². The number of carbonyl (C=O) groups excluding carboxylic acids is 2. The highest BCUT2D eigenvalue weighted by Gasteiger charge is 2.16. The lowest BCUT2D eigenvalue weighted by molar-refractivity contribution is -0.114. The maximum Gasteiger partial charge on any atom is 0.414 e. The maximum atomic E-state index is 11.9. The van der Waals surface area contributed by atoms with Gasteiger partial charge >= 0.3 is 6.09 Å². The molecule has 2 N–H and O–H groups in total. The number of hydrazone groups is 1. The van der Waals surface area contributed by atoms with Crippen molar-refractivity contribution in [3.8, 4) is 17.6 Å². The molecule has 32 heavy (non-hydrogen) atoms. The number of amides is 2. The zero-order chi connectivity index (χ0) is 23.3. The molecule has 0 fully saturated rings. The number of rotatable bonds is 6. The van der Waals surface area contributed by atoms with Gasteiger partial charge in [0.25, 0.3) is 5.91 Å². The van der Waals surface area contributed by atoms with Gasteiger partial charge in [0.1, 0.15) is 11.8 Å². The van der Waals surface area contributed by atoms with Crippen molar-refractivity contribution < 1.29 is 19.1 Å². The van der Waals surface area contributed by atoms with Gasteiger partial charge in [-0.05, 0) is 31.2 Å². The normalized spacial score (nSPS) is 11.0. The summed E-state index contributed by atoms with van der Waals surface area (Å²) in [6.07, 6.45) is 0.704. The molecular weight excluding hydrogens is 459 g/mol. The minimum atomic E-state index is -1.03. The third-order valence-electron chi connectivity index (χ3n) is 4.02. The Bertz CT molecular complexity index is 1240. The van der Waals surface area contributed by atoms with Crippen LogP contribution in [-0.4, -0.2) is 33.9 Å². The topological polar surface area (TPSA) is 131 Å². The van der Waals surface area contributed by atoms with Crippen LogP contribution in [0.1, 0.15) is 6.92 Å². The van der Waals surface area contributed by atoms with E-state index < -0.39 is 17.7 Å². The minimum Gasteiger partial charge on any atom is -0.454 e. The number of imide groups is 1. The first-order valence-electron chi connectivity index (χ1n) is 9.12. The van der Waals surface area contributed by atoms with E-state index in [-0.39, 0.29) is 28.1 Å². The Morgan fingerprint density at radius 1 is 1.25 bits per heavy atom. The second-order valence-electron chi connectivity index (χ2n) is 6.24. The fourth-order valence-corrected chi connectivity index (χ4v) is 3.14. The van der Waals surface area contributed by atoms with E-state index in [4.69, 9.17) is 33.2 Å². The lowest BCUT2D eigenvalue weighted by Gasteiger charge is -2.12. The molecule has 3 aromatic rings. The van der Waals surface area contributed by atoms with Crippen LogP contribution in [0.4, 0.5) is 10.5 Å². The zero-order valence-corrected chi connectivity index (χ0v) is 18.4. The molecule has 2 amide bonds. The minimum absolute atomic E-state index is 0.0672. The van der Waals surface area contributed by atoms with Crippen LogP contribution in [0.5, 0.6) is 11.5 Å². The van der Waals surface area contributed by atoms with Gasteiger partial charge in [-0.25, -0.2) is 9.78 Å². The van der Waals surface area contributed by atoms with E-state index in [9.17, 15) is 9.59 Å². The molecule has 0 saturated carbocycles. The summed E-state index contributed by atoms with van der Waals surface area (Å²) >= 11 is 12.6. The number of aryl methyl sites for hydroxylation is 1. The number of halogens is 2. The van der Waals surface area contributed by atoms with Crippen LogP contribution < -0.4 is 15.5 Å². The summed E-state index contributed by atoms with van der Waals surface area (Å²) < 4.78 is 12.3. The maximum absolute atomic E-state index is 11.9. The highest BCUT2D eigenvalue weighted by Crippen LogP contribution is 2.39. The number of benzene rings is 2. The third kappa shape index (κ3) is 5.26. The highest BCUT2D eigenvalue weighted by atomic mass is 35.5.